The topological polar surface area (TPSA) is 83.6 Å². The molecule has 1 aliphatic heterocycles. The first-order chi connectivity index (χ1) is 11.7. The summed E-state index contributed by atoms with van der Waals surface area (Å²) in [5, 5.41) is 2.51. The van der Waals surface area contributed by atoms with E-state index in [1.807, 2.05) is 0 Å². The lowest BCUT2D eigenvalue weighted by atomic mass is 9.95. The van der Waals surface area contributed by atoms with Gasteiger partial charge in [0.25, 0.3) is 11.8 Å². The number of nitrogens with one attached hydrogen (secondary N) is 2. The Morgan fingerprint density at radius 3 is 2.67 bits per heavy atom. The zero-order chi connectivity index (χ0) is 16.8. The van der Waals surface area contributed by atoms with Gasteiger partial charge in [-0.05, 0) is 25.7 Å². The molecule has 2 fully saturated rings. The number of ether oxygens (including phenoxy) is 1. The third-order valence-corrected chi connectivity index (χ3v) is 5.04. The molecule has 1 aromatic heterocycles. The van der Waals surface area contributed by atoms with Gasteiger partial charge < -0.3 is 9.64 Å². The number of carbonyl (C=O) groups is 2. The minimum absolute atomic E-state index is 0.288. The van der Waals surface area contributed by atoms with Crippen molar-refractivity contribution in [2.24, 2.45) is 0 Å². The van der Waals surface area contributed by atoms with E-state index in [1.54, 1.807) is 11.5 Å². The van der Waals surface area contributed by atoms with E-state index in [0.29, 0.717) is 18.9 Å². The summed E-state index contributed by atoms with van der Waals surface area (Å²) in [4.78, 5) is 30.4. The molecule has 0 aromatic carbocycles. The number of rotatable bonds is 3. The molecule has 1 aromatic rings. The molecule has 1 saturated heterocycles. The molecule has 1 aliphatic carbocycles. The van der Waals surface area contributed by atoms with Crippen LogP contribution in [0.3, 0.4) is 0 Å². The van der Waals surface area contributed by atoms with Gasteiger partial charge >= 0.3 is 0 Å². The van der Waals surface area contributed by atoms with E-state index in [2.05, 4.69) is 20.7 Å². The van der Waals surface area contributed by atoms with E-state index < -0.39 is 5.91 Å². The lowest BCUT2D eigenvalue weighted by Gasteiger charge is -2.25. The van der Waals surface area contributed by atoms with Crippen molar-refractivity contribution in [2.75, 3.05) is 31.2 Å². The van der Waals surface area contributed by atoms with Crippen LogP contribution in [-0.4, -0.2) is 43.1 Å². The van der Waals surface area contributed by atoms with Crippen molar-refractivity contribution in [3.05, 3.63) is 22.7 Å². The third kappa shape index (κ3) is 4.55. The van der Waals surface area contributed by atoms with E-state index in [9.17, 15) is 9.59 Å². The van der Waals surface area contributed by atoms with Crippen LogP contribution in [0.5, 0.6) is 0 Å². The predicted molar refractivity (Wildman–Crippen MR) is 91.9 cm³/mol. The van der Waals surface area contributed by atoms with Gasteiger partial charge in [0, 0.05) is 24.5 Å². The summed E-state index contributed by atoms with van der Waals surface area (Å²) in [7, 11) is 0. The van der Waals surface area contributed by atoms with Gasteiger partial charge in [0.1, 0.15) is 5.69 Å². The number of hydrogen-bond donors (Lipinski definition) is 2. The Morgan fingerprint density at radius 1 is 1.17 bits per heavy atom. The average molecular weight is 350 g/mol. The second kappa shape index (κ2) is 8.25. The molecule has 1 saturated carbocycles. The highest BCUT2D eigenvalue weighted by Crippen LogP contribution is 2.22. The van der Waals surface area contributed by atoms with Gasteiger partial charge in [-0.15, -0.1) is 11.3 Å². The lowest BCUT2D eigenvalue weighted by molar-refractivity contribution is -0.117. The molecular formula is C16H22N4O3S. The molecule has 2 aliphatic rings. The van der Waals surface area contributed by atoms with Crippen LogP contribution in [0.25, 0.3) is 0 Å². The molecule has 0 spiro atoms. The van der Waals surface area contributed by atoms with Crippen LogP contribution < -0.4 is 15.8 Å². The highest BCUT2D eigenvalue weighted by atomic mass is 32.1. The number of anilines is 1. The molecule has 0 unspecified atom stereocenters. The Bertz CT molecular complexity index is 615. The van der Waals surface area contributed by atoms with Gasteiger partial charge in [0.15, 0.2) is 5.13 Å². The minimum Gasteiger partial charge on any atom is -0.378 e. The highest BCUT2D eigenvalue weighted by Gasteiger charge is 2.17. The summed E-state index contributed by atoms with van der Waals surface area (Å²) in [5.74, 6) is -0.690. The largest absolute Gasteiger partial charge is 0.378 e. The molecule has 3 rings (SSSR count). The SMILES string of the molecule is O=C(C=C1CCCCC1)NNC(=O)c1csc(N2CCOCC2)n1. The number of allylic oxidation sites excluding steroid dienone is 1. The Balaban J connectivity index is 1.49. The van der Waals surface area contributed by atoms with Crippen molar-refractivity contribution in [3.8, 4) is 0 Å². The van der Waals surface area contributed by atoms with E-state index in [1.165, 1.54) is 17.8 Å². The van der Waals surface area contributed by atoms with Gasteiger partial charge in [-0.2, -0.15) is 0 Å². The smallest absolute Gasteiger partial charge is 0.289 e. The monoisotopic (exact) mass is 350 g/mol. The molecule has 130 valence electrons. The number of thiazole rings is 1. The van der Waals surface area contributed by atoms with E-state index >= 15 is 0 Å². The van der Waals surface area contributed by atoms with Crippen molar-refractivity contribution in [2.45, 2.75) is 32.1 Å². The second-order valence-corrected chi connectivity index (χ2v) is 6.76. The summed E-state index contributed by atoms with van der Waals surface area (Å²) in [5.41, 5.74) is 6.32. The molecule has 2 amide bonds. The molecule has 2 N–H and O–H groups in total. The number of morpholine rings is 1. The quantitative estimate of drug-likeness (QED) is 0.639. The van der Waals surface area contributed by atoms with Crippen LogP contribution in [0.15, 0.2) is 17.0 Å². The summed E-state index contributed by atoms with van der Waals surface area (Å²) < 4.78 is 5.31. The molecule has 0 bridgehead atoms. The van der Waals surface area contributed by atoms with Gasteiger partial charge in [-0.3, -0.25) is 20.4 Å². The predicted octanol–water partition coefficient (Wildman–Crippen LogP) is 1.63. The summed E-state index contributed by atoms with van der Waals surface area (Å²) in [6, 6.07) is 0. The number of aromatic nitrogens is 1. The summed E-state index contributed by atoms with van der Waals surface area (Å²) in [6.07, 6.45) is 7.03. The molecular weight excluding hydrogens is 328 g/mol. The van der Waals surface area contributed by atoms with Crippen LogP contribution in [-0.2, 0) is 9.53 Å². The van der Waals surface area contributed by atoms with Crippen molar-refractivity contribution in [3.63, 3.8) is 0 Å². The zero-order valence-corrected chi connectivity index (χ0v) is 14.4. The lowest BCUT2D eigenvalue weighted by Crippen LogP contribution is -2.41. The van der Waals surface area contributed by atoms with Crippen molar-refractivity contribution >= 4 is 28.3 Å². The van der Waals surface area contributed by atoms with Gasteiger partial charge in [-0.25, -0.2) is 4.98 Å². The molecule has 0 radical (unpaired) electrons. The molecule has 7 nitrogen and oxygen atoms in total. The first-order valence-electron chi connectivity index (χ1n) is 8.30. The standard InChI is InChI=1S/C16H22N4O3S/c21-14(10-12-4-2-1-3-5-12)18-19-15(22)13-11-24-16(17-13)20-6-8-23-9-7-20/h10-11H,1-9H2,(H,18,21)(H,19,22). The average Bonchev–Trinajstić information content (AvgIpc) is 3.11. The van der Waals surface area contributed by atoms with Crippen LogP contribution >= 0.6 is 11.3 Å². The van der Waals surface area contributed by atoms with Gasteiger partial charge in [0.05, 0.1) is 13.2 Å². The van der Waals surface area contributed by atoms with E-state index in [-0.39, 0.29) is 5.91 Å². The number of carbonyl (C=O) groups excluding carboxylic acids is 2. The maximum Gasteiger partial charge on any atom is 0.289 e. The van der Waals surface area contributed by atoms with Crippen LogP contribution in [0, 0.1) is 0 Å². The zero-order valence-electron chi connectivity index (χ0n) is 13.5. The Kier molecular flexibility index (Phi) is 5.81. The fourth-order valence-electron chi connectivity index (χ4n) is 2.82. The van der Waals surface area contributed by atoms with Crippen molar-refractivity contribution in [1.29, 1.82) is 0 Å². The summed E-state index contributed by atoms with van der Waals surface area (Å²) in [6.45, 7) is 2.90. The van der Waals surface area contributed by atoms with Crippen LogP contribution in [0.1, 0.15) is 42.6 Å². The maximum atomic E-state index is 12.1. The maximum absolute atomic E-state index is 12.1. The Morgan fingerprint density at radius 2 is 1.92 bits per heavy atom. The molecule has 0 atom stereocenters. The fraction of sp³-hybridized carbons (Fsp3) is 0.562. The van der Waals surface area contributed by atoms with Crippen molar-refractivity contribution in [1.82, 2.24) is 15.8 Å². The van der Waals surface area contributed by atoms with Crippen LogP contribution in [0.2, 0.25) is 0 Å². The highest BCUT2D eigenvalue weighted by molar-refractivity contribution is 7.13. The molecule has 8 heteroatoms. The first-order valence-corrected chi connectivity index (χ1v) is 9.18. The molecule has 24 heavy (non-hydrogen) atoms. The third-order valence-electron chi connectivity index (χ3n) is 4.14. The number of hydrazine groups is 1. The summed E-state index contributed by atoms with van der Waals surface area (Å²) >= 11 is 1.42. The fourth-order valence-corrected chi connectivity index (χ4v) is 3.68. The van der Waals surface area contributed by atoms with Gasteiger partial charge in [-0.1, -0.05) is 12.0 Å². The first kappa shape index (κ1) is 16.9. The Labute approximate surface area is 145 Å². The van der Waals surface area contributed by atoms with E-state index in [0.717, 1.165) is 49.5 Å². The van der Waals surface area contributed by atoms with Crippen molar-refractivity contribution < 1.29 is 14.3 Å². The van der Waals surface area contributed by atoms with Crippen LogP contribution in [0.4, 0.5) is 5.13 Å². The molecule has 2 heterocycles. The number of amides is 2. The van der Waals surface area contributed by atoms with Gasteiger partial charge in [0.2, 0.25) is 0 Å². The normalized spacial score (nSPS) is 18.2. The number of nitrogens with zero attached hydrogens (tertiary/aromatic N) is 2. The number of hydrogen-bond acceptors (Lipinski definition) is 6. The minimum atomic E-state index is -0.402. The van der Waals surface area contributed by atoms with E-state index in [4.69, 9.17) is 4.74 Å². The second-order valence-electron chi connectivity index (χ2n) is 5.92. The Hall–Kier alpha value is -1.93.